The van der Waals surface area contributed by atoms with Crippen LogP contribution in [0.2, 0.25) is 0 Å². The molecule has 0 unspecified atom stereocenters. The highest BCUT2D eigenvalue weighted by atomic mass is 16.3. The number of nitrogens with zero attached hydrogens (tertiary/aromatic N) is 1. The fourth-order valence-corrected chi connectivity index (χ4v) is 2.15. The summed E-state index contributed by atoms with van der Waals surface area (Å²) in [4.78, 5) is 0. The number of nitrogens with two attached hydrogens (primary N) is 1. The molecule has 0 heterocycles. The molecule has 0 aromatic heterocycles. The first kappa shape index (κ1) is 16.5. The lowest BCUT2D eigenvalue weighted by molar-refractivity contribution is 0.432. The van der Waals surface area contributed by atoms with Crippen molar-refractivity contribution < 1.29 is 5.11 Å². The van der Waals surface area contributed by atoms with Crippen molar-refractivity contribution in [3.05, 3.63) is 28.8 Å². The summed E-state index contributed by atoms with van der Waals surface area (Å²) in [6, 6.07) is 5.61. The zero-order valence-electron chi connectivity index (χ0n) is 13.4. The first-order chi connectivity index (χ1) is 8.98. The van der Waals surface area contributed by atoms with Gasteiger partial charge in [-0.1, -0.05) is 47.6 Å². The molecule has 3 N–H and O–H groups in total. The average Bonchev–Trinajstić information content (AvgIpc) is 2.26. The number of hydrogen-bond acceptors (Lipinski definition) is 3. The summed E-state index contributed by atoms with van der Waals surface area (Å²) in [6.45, 7) is 12.6. The van der Waals surface area contributed by atoms with Crippen LogP contribution in [0, 0.1) is 11.3 Å². The topological polar surface area (TPSA) is 70.0 Å². The highest BCUT2D eigenvalue weighted by molar-refractivity contribution is 5.50. The van der Waals surface area contributed by atoms with Crippen LogP contribution in [0.25, 0.3) is 0 Å². The number of benzene rings is 1. The largest absolute Gasteiger partial charge is 0.507 e. The van der Waals surface area contributed by atoms with Crippen molar-refractivity contribution in [2.24, 2.45) is 5.73 Å². The normalized spacial score (nSPS) is 13.9. The number of nitriles is 1. The molecule has 3 nitrogen and oxygen atoms in total. The van der Waals surface area contributed by atoms with Gasteiger partial charge in [-0.15, -0.1) is 0 Å². The SMILES string of the molecule is CC(C)(C)c1cc([C@H](N)CC#N)c(O)c(C(C)(C)C)c1. The summed E-state index contributed by atoms with van der Waals surface area (Å²) in [5.74, 6) is 0.230. The van der Waals surface area contributed by atoms with Crippen LogP contribution in [0.1, 0.15) is 70.7 Å². The number of aromatic hydroxyl groups is 1. The maximum atomic E-state index is 10.5. The summed E-state index contributed by atoms with van der Waals surface area (Å²) in [6.07, 6.45) is 0.199. The smallest absolute Gasteiger partial charge is 0.124 e. The van der Waals surface area contributed by atoms with Crippen LogP contribution in [0.4, 0.5) is 0 Å². The van der Waals surface area contributed by atoms with E-state index in [1.54, 1.807) is 0 Å². The van der Waals surface area contributed by atoms with Crippen LogP contribution >= 0.6 is 0 Å². The van der Waals surface area contributed by atoms with E-state index >= 15 is 0 Å². The van der Waals surface area contributed by atoms with Gasteiger partial charge >= 0.3 is 0 Å². The minimum absolute atomic E-state index is 0.0329. The first-order valence-corrected chi connectivity index (χ1v) is 6.99. The third kappa shape index (κ3) is 3.52. The van der Waals surface area contributed by atoms with Crippen molar-refractivity contribution in [1.82, 2.24) is 0 Å². The molecule has 0 bridgehead atoms. The van der Waals surface area contributed by atoms with E-state index in [2.05, 4.69) is 53.7 Å². The number of hydrogen-bond donors (Lipinski definition) is 2. The maximum Gasteiger partial charge on any atom is 0.124 e. The van der Waals surface area contributed by atoms with E-state index < -0.39 is 6.04 Å². The predicted molar refractivity (Wildman–Crippen MR) is 82.7 cm³/mol. The van der Waals surface area contributed by atoms with Crippen molar-refractivity contribution in [2.75, 3.05) is 0 Å². The summed E-state index contributed by atoms with van der Waals surface area (Å²) >= 11 is 0. The molecule has 0 fully saturated rings. The van der Waals surface area contributed by atoms with E-state index in [4.69, 9.17) is 11.0 Å². The van der Waals surface area contributed by atoms with Crippen molar-refractivity contribution in [3.63, 3.8) is 0 Å². The summed E-state index contributed by atoms with van der Waals surface area (Å²) in [7, 11) is 0. The van der Waals surface area contributed by atoms with Gasteiger partial charge < -0.3 is 10.8 Å². The molecule has 0 saturated carbocycles. The van der Waals surface area contributed by atoms with Crippen molar-refractivity contribution in [3.8, 4) is 11.8 Å². The van der Waals surface area contributed by atoms with E-state index in [1.165, 1.54) is 0 Å². The minimum Gasteiger partial charge on any atom is -0.507 e. The fraction of sp³-hybridized carbons (Fsp3) is 0.588. The molecule has 0 spiro atoms. The van der Waals surface area contributed by atoms with Gasteiger partial charge in [-0.25, -0.2) is 0 Å². The monoisotopic (exact) mass is 274 g/mol. The molecule has 20 heavy (non-hydrogen) atoms. The van der Waals surface area contributed by atoms with Gasteiger partial charge in [0, 0.05) is 11.6 Å². The average molecular weight is 274 g/mol. The number of rotatable bonds is 2. The zero-order chi connectivity index (χ0) is 15.7. The second-order valence-corrected chi connectivity index (χ2v) is 7.43. The van der Waals surface area contributed by atoms with Gasteiger partial charge in [0.05, 0.1) is 12.5 Å². The molecule has 110 valence electrons. The minimum atomic E-state index is -0.455. The summed E-state index contributed by atoms with van der Waals surface area (Å²) in [5.41, 5.74) is 8.52. The maximum absolute atomic E-state index is 10.5. The Balaban J connectivity index is 3.56. The van der Waals surface area contributed by atoms with E-state index in [0.717, 1.165) is 11.1 Å². The van der Waals surface area contributed by atoms with Crippen molar-refractivity contribution >= 4 is 0 Å². The Morgan fingerprint density at radius 1 is 1.15 bits per heavy atom. The summed E-state index contributed by atoms with van der Waals surface area (Å²) < 4.78 is 0. The van der Waals surface area contributed by atoms with Crippen molar-refractivity contribution in [2.45, 2.75) is 64.8 Å². The Morgan fingerprint density at radius 2 is 1.70 bits per heavy atom. The van der Waals surface area contributed by atoms with Gasteiger partial charge in [-0.3, -0.25) is 0 Å². The third-order valence-corrected chi connectivity index (χ3v) is 3.52. The Kier molecular flexibility index (Phi) is 4.51. The van der Waals surface area contributed by atoms with Gasteiger partial charge in [0.25, 0.3) is 0 Å². The van der Waals surface area contributed by atoms with Crippen molar-refractivity contribution in [1.29, 1.82) is 5.26 Å². The number of phenols is 1. The Hall–Kier alpha value is -1.53. The molecule has 0 amide bonds. The molecule has 1 aromatic rings. The lowest BCUT2D eigenvalue weighted by Crippen LogP contribution is -2.20. The van der Waals surface area contributed by atoms with Crippen LogP contribution < -0.4 is 5.73 Å². The molecule has 0 radical (unpaired) electrons. The molecule has 0 aliphatic heterocycles. The van der Waals surface area contributed by atoms with Gasteiger partial charge in [0.1, 0.15) is 5.75 Å². The molecule has 0 aliphatic rings. The van der Waals surface area contributed by atoms with Crippen LogP contribution in [0.3, 0.4) is 0 Å². The standard InChI is InChI=1S/C17H26N2O/c1-16(2,3)11-9-12(14(19)7-8-18)15(20)13(10-11)17(4,5)6/h9-10,14,20H,7,19H2,1-6H3/t14-/m1/s1. The quantitative estimate of drug-likeness (QED) is 0.859. The highest BCUT2D eigenvalue weighted by Gasteiger charge is 2.26. The van der Waals surface area contributed by atoms with Crippen LogP contribution in [-0.2, 0) is 10.8 Å². The second kappa shape index (κ2) is 5.46. The predicted octanol–water partition coefficient (Wildman–Crippen LogP) is 3.90. The lowest BCUT2D eigenvalue weighted by atomic mass is 9.78. The first-order valence-electron chi connectivity index (χ1n) is 6.99. The number of phenolic OH excluding ortho intramolecular Hbond substituents is 1. The van der Waals surface area contributed by atoms with Crippen LogP contribution in [0.5, 0.6) is 5.75 Å². The van der Waals surface area contributed by atoms with Gasteiger partial charge in [-0.2, -0.15) is 5.26 Å². The van der Waals surface area contributed by atoms with Gasteiger partial charge in [0.15, 0.2) is 0 Å². The molecule has 1 atom stereocenters. The molecule has 0 saturated heterocycles. The highest BCUT2D eigenvalue weighted by Crippen LogP contribution is 2.39. The second-order valence-electron chi connectivity index (χ2n) is 7.43. The molecule has 1 aromatic carbocycles. The molecule has 1 rings (SSSR count). The zero-order valence-corrected chi connectivity index (χ0v) is 13.4. The van der Waals surface area contributed by atoms with Gasteiger partial charge in [0.2, 0.25) is 0 Å². The summed E-state index contributed by atoms with van der Waals surface area (Å²) in [5, 5.41) is 19.4. The van der Waals surface area contributed by atoms with Gasteiger partial charge in [-0.05, 0) is 28.0 Å². The van der Waals surface area contributed by atoms with E-state index in [0.29, 0.717) is 5.56 Å². The Bertz CT molecular complexity index is 528. The fourth-order valence-electron chi connectivity index (χ4n) is 2.15. The van der Waals surface area contributed by atoms with E-state index in [1.807, 2.05) is 6.07 Å². The van der Waals surface area contributed by atoms with E-state index in [-0.39, 0.29) is 23.0 Å². The van der Waals surface area contributed by atoms with Crippen LogP contribution in [0.15, 0.2) is 12.1 Å². The van der Waals surface area contributed by atoms with E-state index in [9.17, 15) is 5.11 Å². The Morgan fingerprint density at radius 3 is 2.10 bits per heavy atom. The third-order valence-electron chi connectivity index (χ3n) is 3.52. The Labute approximate surface area is 122 Å². The molecular weight excluding hydrogens is 248 g/mol. The van der Waals surface area contributed by atoms with Crippen LogP contribution in [-0.4, -0.2) is 5.11 Å². The lowest BCUT2D eigenvalue weighted by Gasteiger charge is -2.28. The molecule has 3 heteroatoms. The molecular formula is C17H26N2O. The molecule has 0 aliphatic carbocycles.